The predicted octanol–water partition coefficient (Wildman–Crippen LogP) is 1.30. The Bertz CT molecular complexity index is 358. The molecule has 3 nitrogen and oxygen atoms in total. The summed E-state index contributed by atoms with van der Waals surface area (Å²) in [5.74, 6) is -0.427. The van der Waals surface area contributed by atoms with Crippen LogP contribution in [0.25, 0.3) is 0 Å². The normalized spacial score (nSPS) is 11.2. The Kier molecular flexibility index (Phi) is 3.42. The highest BCUT2D eigenvalue weighted by Crippen LogP contribution is 2.21. The van der Waals surface area contributed by atoms with Gasteiger partial charge in [-0.05, 0) is 25.5 Å². The lowest BCUT2D eigenvalue weighted by Crippen LogP contribution is -2.17. The Morgan fingerprint density at radius 3 is 2.67 bits per heavy atom. The second-order valence-corrected chi connectivity index (χ2v) is 3.86. The molecule has 0 radical (unpaired) electrons. The molecule has 0 heterocycles. The van der Waals surface area contributed by atoms with E-state index in [0.717, 1.165) is 0 Å². The minimum atomic E-state index is -1.06. The lowest BCUT2D eigenvalue weighted by Gasteiger charge is -2.18. The number of hydrogen-bond donors (Lipinski definition) is 2. The molecule has 0 atom stereocenters. The second kappa shape index (κ2) is 4.40. The highest BCUT2D eigenvalue weighted by atomic mass is 19.1. The van der Waals surface area contributed by atoms with E-state index in [-0.39, 0.29) is 6.54 Å². The summed E-state index contributed by atoms with van der Waals surface area (Å²) in [7, 11) is 0. The number of carbonyl (C=O) groups is 1. The molecular weight excluding hydrogens is 197 g/mol. The molecule has 0 aliphatic heterocycles. The molecular formula is C11H14FNO2. The maximum absolute atomic E-state index is 13.4. The lowest BCUT2D eigenvalue weighted by molar-refractivity contribution is -0.109. The third-order valence-electron chi connectivity index (χ3n) is 2.14. The van der Waals surface area contributed by atoms with Gasteiger partial charge in [0.25, 0.3) is 0 Å². The van der Waals surface area contributed by atoms with Crippen LogP contribution in [0.3, 0.4) is 0 Å². The van der Waals surface area contributed by atoms with Crippen LogP contribution in [0.2, 0.25) is 0 Å². The summed E-state index contributed by atoms with van der Waals surface area (Å²) in [5, 5.41) is 12.0. The molecule has 15 heavy (non-hydrogen) atoms. The number of hydrogen-bond acceptors (Lipinski definition) is 2. The smallest absolute Gasteiger partial charge is 0.207 e. The molecule has 0 saturated carbocycles. The van der Waals surface area contributed by atoms with Crippen molar-refractivity contribution in [1.82, 2.24) is 5.32 Å². The van der Waals surface area contributed by atoms with Gasteiger partial charge in [-0.25, -0.2) is 4.39 Å². The van der Waals surface area contributed by atoms with Gasteiger partial charge in [-0.3, -0.25) is 4.79 Å². The van der Waals surface area contributed by atoms with E-state index in [0.29, 0.717) is 17.5 Å². The number of amides is 1. The highest BCUT2D eigenvalue weighted by molar-refractivity contribution is 5.46. The quantitative estimate of drug-likeness (QED) is 0.737. The molecule has 1 amide bonds. The fraction of sp³-hybridized carbons (Fsp3) is 0.364. The minimum absolute atomic E-state index is 0.154. The van der Waals surface area contributed by atoms with Crippen LogP contribution in [0.15, 0.2) is 18.2 Å². The fourth-order valence-electron chi connectivity index (χ4n) is 1.22. The van der Waals surface area contributed by atoms with Gasteiger partial charge in [0.1, 0.15) is 5.82 Å². The van der Waals surface area contributed by atoms with E-state index in [9.17, 15) is 14.3 Å². The minimum Gasteiger partial charge on any atom is -0.386 e. The van der Waals surface area contributed by atoms with Crippen molar-refractivity contribution in [2.75, 3.05) is 0 Å². The summed E-state index contributed by atoms with van der Waals surface area (Å²) >= 11 is 0. The first kappa shape index (κ1) is 11.7. The molecule has 2 N–H and O–H groups in total. The van der Waals surface area contributed by atoms with Crippen LogP contribution in [-0.2, 0) is 16.9 Å². The third kappa shape index (κ3) is 3.02. The number of rotatable bonds is 4. The van der Waals surface area contributed by atoms with Crippen molar-refractivity contribution in [2.45, 2.75) is 26.0 Å². The summed E-state index contributed by atoms with van der Waals surface area (Å²) in [6.07, 6.45) is 0.517. The molecule has 0 saturated heterocycles. The first-order valence-corrected chi connectivity index (χ1v) is 4.63. The largest absolute Gasteiger partial charge is 0.386 e. The lowest BCUT2D eigenvalue weighted by atomic mass is 9.97. The SMILES string of the molecule is CC(C)(O)c1ccc(CNC=O)c(F)c1. The monoisotopic (exact) mass is 211 g/mol. The zero-order valence-electron chi connectivity index (χ0n) is 8.75. The maximum Gasteiger partial charge on any atom is 0.207 e. The van der Waals surface area contributed by atoms with E-state index in [1.54, 1.807) is 26.0 Å². The van der Waals surface area contributed by atoms with Gasteiger partial charge in [0.05, 0.1) is 5.60 Å². The highest BCUT2D eigenvalue weighted by Gasteiger charge is 2.17. The Labute approximate surface area is 87.9 Å². The van der Waals surface area contributed by atoms with Crippen LogP contribution < -0.4 is 5.32 Å². The molecule has 0 fully saturated rings. The Morgan fingerprint density at radius 2 is 2.20 bits per heavy atom. The van der Waals surface area contributed by atoms with Gasteiger partial charge in [0.15, 0.2) is 0 Å². The number of benzene rings is 1. The number of carbonyl (C=O) groups excluding carboxylic acids is 1. The van der Waals surface area contributed by atoms with Crippen LogP contribution in [0.5, 0.6) is 0 Å². The number of halogens is 1. The van der Waals surface area contributed by atoms with E-state index >= 15 is 0 Å². The van der Waals surface area contributed by atoms with Crippen LogP contribution in [0.1, 0.15) is 25.0 Å². The topological polar surface area (TPSA) is 49.3 Å². The molecule has 1 rings (SSSR count). The standard InChI is InChI=1S/C11H14FNO2/c1-11(2,15)9-4-3-8(6-13-7-14)10(12)5-9/h3-5,7,15H,6H2,1-2H3,(H,13,14). The molecule has 1 aromatic rings. The van der Waals surface area contributed by atoms with Crippen molar-refractivity contribution in [1.29, 1.82) is 0 Å². The van der Waals surface area contributed by atoms with Gasteiger partial charge < -0.3 is 10.4 Å². The summed E-state index contributed by atoms with van der Waals surface area (Å²) in [4.78, 5) is 10.0. The van der Waals surface area contributed by atoms with Gasteiger partial charge in [-0.2, -0.15) is 0 Å². The molecule has 0 bridgehead atoms. The van der Waals surface area contributed by atoms with Crippen LogP contribution in [0.4, 0.5) is 4.39 Å². The first-order valence-electron chi connectivity index (χ1n) is 4.63. The average molecular weight is 211 g/mol. The first-order chi connectivity index (χ1) is 6.95. The van der Waals surface area contributed by atoms with E-state index in [1.807, 2.05) is 0 Å². The molecule has 0 unspecified atom stereocenters. The van der Waals surface area contributed by atoms with E-state index in [1.165, 1.54) is 6.07 Å². The van der Waals surface area contributed by atoms with E-state index < -0.39 is 11.4 Å². The molecule has 0 aliphatic carbocycles. The zero-order valence-corrected chi connectivity index (χ0v) is 8.75. The predicted molar refractivity (Wildman–Crippen MR) is 54.5 cm³/mol. The summed E-state index contributed by atoms with van der Waals surface area (Å²) in [6, 6.07) is 4.48. The van der Waals surface area contributed by atoms with Gasteiger partial charge in [0.2, 0.25) is 6.41 Å². The second-order valence-electron chi connectivity index (χ2n) is 3.86. The summed E-state index contributed by atoms with van der Waals surface area (Å²) in [6.45, 7) is 3.33. The fourth-order valence-corrected chi connectivity index (χ4v) is 1.22. The van der Waals surface area contributed by atoms with Crippen LogP contribution >= 0.6 is 0 Å². The average Bonchev–Trinajstić information content (AvgIpc) is 2.14. The van der Waals surface area contributed by atoms with Crippen molar-refractivity contribution < 1.29 is 14.3 Å². The maximum atomic E-state index is 13.4. The molecule has 4 heteroatoms. The van der Waals surface area contributed by atoms with Crippen molar-refractivity contribution in [3.05, 3.63) is 35.1 Å². The van der Waals surface area contributed by atoms with Gasteiger partial charge in [-0.1, -0.05) is 12.1 Å². The third-order valence-corrected chi connectivity index (χ3v) is 2.14. The van der Waals surface area contributed by atoms with Gasteiger partial charge in [-0.15, -0.1) is 0 Å². The van der Waals surface area contributed by atoms with Gasteiger partial charge >= 0.3 is 0 Å². The van der Waals surface area contributed by atoms with Crippen LogP contribution in [0, 0.1) is 5.82 Å². The Balaban J connectivity index is 2.93. The van der Waals surface area contributed by atoms with Crippen molar-refractivity contribution in [3.63, 3.8) is 0 Å². The van der Waals surface area contributed by atoms with Crippen molar-refractivity contribution >= 4 is 6.41 Å². The molecule has 0 aromatic heterocycles. The van der Waals surface area contributed by atoms with Crippen LogP contribution in [-0.4, -0.2) is 11.5 Å². The van der Waals surface area contributed by atoms with Gasteiger partial charge in [0, 0.05) is 12.1 Å². The number of nitrogens with one attached hydrogen (secondary N) is 1. The summed E-state index contributed by atoms with van der Waals surface area (Å²) < 4.78 is 13.4. The zero-order chi connectivity index (χ0) is 11.5. The summed E-state index contributed by atoms with van der Waals surface area (Å²) in [5.41, 5.74) is -0.151. The Morgan fingerprint density at radius 1 is 1.53 bits per heavy atom. The van der Waals surface area contributed by atoms with Crippen molar-refractivity contribution in [2.24, 2.45) is 0 Å². The Hall–Kier alpha value is -1.42. The molecule has 0 aliphatic rings. The van der Waals surface area contributed by atoms with Crippen molar-refractivity contribution in [3.8, 4) is 0 Å². The molecule has 0 spiro atoms. The molecule has 82 valence electrons. The molecule has 1 aromatic carbocycles. The van der Waals surface area contributed by atoms with E-state index in [2.05, 4.69) is 5.32 Å². The number of aliphatic hydroxyl groups is 1. The van der Waals surface area contributed by atoms with E-state index in [4.69, 9.17) is 0 Å².